The lowest BCUT2D eigenvalue weighted by Crippen LogP contribution is -2.02. The summed E-state index contributed by atoms with van der Waals surface area (Å²) >= 11 is 0. The summed E-state index contributed by atoms with van der Waals surface area (Å²) in [5.41, 5.74) is 4.08. The zero-order valence-electron chi connectivity index (χ0n) is 11.1. The van der Waals surface area contributed by atoms with E-state index in [1.807, 2.05) is 43.5 Å². The van der Waals surface area contributed by atoms with Crippen LogP contribution >= 0.6 is 0 Å². The first-order chi connectivity index (χ1) is 9.81. The van der Waals surface area contributed by atoms with E-state index in [1.165, 1.54) is 0 Å². The van der Waals surface area contributed by atoms with Crippen molar-refractivity contribution in [3.63, 3.8) is 0 Å². The van der Waals surface area contributed by atoms with Gasteiger partial charge >= 0.3 is 0 Å². The Bertz CT molecular complexity index is 675. The van der Waals surface area contributed by atoms with Gasteiger partial charge in [-0.1, -0.05) is 12.1 Å². The molecule has 20 heavy (non-hydrogen) atoms. The van der Waals surface area contributed by atoms with Crippen molar-refractivity contribution in [1.82, 2.24) is 25.2 Å². The van der Waals surface area contributed by atoms with E-state index >= 15 is 0 Å². The summed E-state index contributed by atoms with van der Waals surface area (Å²) in [6.45, 7) is 2.71. The molecule has 0 fully saturated rings. The van der Waals surface area contributed by atoms with Crippen LogP contribution in [-0.2, 0) is 6.54 Å². The summed E-state index contributed by atoms with van der Waals surface area (Å²) in [5, 5.41) is 14.5. The number of nitrogens with zero attached hydrogens (tertiary/aromatic N) is 5. The molecule has 3 rings (SSSR count). The molecule has 0 radical (unpaired) electrons. The fraction of sp³-hybridized carbons (Fsp3) is 0.143. The van der Waals surface area contributed by atoms with Gasteiger partial charge in [0, 0.05) is 11.9 Å². The topological polar surface area (TPSA) is 68.5 Å². The Morgan fingerprint density at radius 2 is 2.15 bits per heavy atom. The van der Waals surface area contributed by atoms with Crippen LogP contribution in [0.5, 0.6) is 0 Å². The number of hydrogen-bond acceptors (Lipinski definition) is 5. The van der Waals surface area contributed by atoms with Crippen molar-refractivity contribution in [2.45, 2.75) is 13.5 Å². The molecular weight excluding hydrogens is 252 g/mol. The van der Waals surface area contributed by atoms with E-state index in [0.29, 0.717) is 6.54 Å². The number of benzene rings is 1. The van der Waals surface area contributed by atoms with Gasteiger partial charge in [-0.15, -0.1) is 5.10 Å². The van der Waals surface area contributed by atoms with Gasteiger partial charge < -0.3 is 5.32 Å². The Hall–Kier alpha value is -2.76. The summed E-state index contributed by atoms with van der Waals surface area (Å²) in [6, 6.07) is 12.0. The maximum absolute atomic E-state index is 4.37. The molecular formula is C14H14N6. The van der Waals surface area contributed by atoms with Gasteiger partial charge in [-0.05, 0) is 47.2 Å². The molecule has 0 aliphatic rings. The van der Waals surface area contributed by atoms with Crippen molar-refractivity contribution < 1.29 is 0 Å². The minimum Gasteiger partial charge on any atom is -0.379 e. The molecule has 0 atom stereocenters. The molecule has 1 aromatic carbocycles. The van der Waals surface area contributed by atoms with E-state index in [9.17, 15) is 0 Å². The third-order valence-electron chi connectivity index (χ3n) is 2.91. The molecule has 0 spiro atoms. The van der Waals surface area contributed by atoms with Crippen LogP contribution in [0.25, 0.3) is 5.69 Å². The average molecular weight is 266 g/mol. The molecule has 1 N–H and O–H groups in total. The van der Waals surface area contributed by atoms with E-state index in [4.69, 9.17) is 0 Å². The summed E-state index contributed by atoms with van der Waals surface area (Å²) in [4.78, 5) is 4.37. The van der Waals surface area contributed by atoms with Gasteiger partial charge in [0.2, 0.25) is 0 Å². The molecule has 0 aliphatic heterocycles. The average Bonchev–Trinajstić information content (AvgIpc) is 3.01. The molecule has 2 heterocycles. The molecule has 6 nitrogen and oxygen atoms in total. The second-order valence-electron chi connectivity index (χ2n) is 4.49. The highest BCUT2D eigenvalue weighted by molar-refractivity contribution is 5.50. The number of pyridine rings is 1. The number of tetrazole rings is 1. The van der Waals surface area contributed by atoms with Crippen LogP contribution in [0, 0.1) is 6.92 Å². The molecule has 0 saturated heterocycles. The van der Waals surface area contributed by atoms with E-state index < -0.39 is 0 Å². The monoisotopic (exact) mass is 266 g/mol. The number of nitrogens with one attached hydrogen (secondary N) is 1. The molecule has 6 heteroatoms. The minimum atomic E-state index is 0.680. The molecule has 2 aromatic heterocycles. The van der Waals surface area contributed by atoms with E-state index in [2.05, 4.69) is 31.9 Å². The van der Waals surface area contributed by atoms with Crippen molar-refractivity contribution in [3.8, 4) is 5.69 Å². The lowest BCUT2D eigenvalue weighted by atomic mass is 10.2. The molecule has 0 bridgehead atoms. The third kappa shape index (κ3) is 2.80. The number of aromatic nitrogens is 5. The fourth-order valence-corrected chi connectivity index (χ4v) is 1.83. The molecule has 100 valence electrons. The van der Waals surface area contributed by atoms with Crippen molar-refractivity contribution in [2.24, 2.45) is 0 Å². The zero-order chi connectivity index (χ0) is 13.8. The number of hydrogen-bond donors (Lipinski definition) is 1. The Labute approximate surface area is 116 Å². The first kappa shape index (κ1) is 12.3. The van der Waals surface area contributed by atoms with Crippen LogP contribution in [0.2, 0.25) is 0 Å². The highest BCUT2D eigenvalue weighted by atomic mass is 15.5. The Morgan fingerprint density at radius 3 is 2.90 bits per heavy atom. The van der Waals surface area contributed by atoms with Gasteiger partial charge in [-0.3, -0.25) is 4.98 Å². The highest BCUT2D eigenvalue weighted by Crippen LogP contribution is 2.14. The first-order valence-corrected chi connectivity index (χ1v) is 6.30. The molecule has 0 amide bonds. The number of aryl methyl sites for hydroxylation is 1. The highest BCUT2D eigenvalue weighted by Gasteiger charge is 2.00. The lowest BCUT2D eigenvalue weighted by Gasteiger charge is -2.08. The maximum Gasteiger partial charge on any atom is 0.143 e. The normalized spacial score (nSPS) is 10.4. The van der Waals surface area contributed by atoms with Gasteiger partial charge in [-0.2, -0.15) is 0 Å². The number of rotatable bonds is 4. The van der Waals surface area contributed by atoms with Crippen molar-refractivity contribution in [1.29, 1.82) is 0 Å². The summed E-state index contributed by atoms with van der Waals surface area (Å²) in [7, 11) is 0. The Balaban J connectivity index is 1.72. The van der Waals surface area contributed by atoms with Gasteiger partial charge in [-0.25, -0.2) is 4.68 Å². The smallest absolute Gasteiger partial charge is 0.143 e. The van der Waals surface area contributed by atoms with Crippen molar-refractivity contribution in [2.75, 3.05) is 5.32 Å². The first-order valence-electron chi connectivity index (χ1n) is 6.30. The fourth-order valence-electron chi connectivity index (χ4n) is 1.83. The predicted octanol–water partition coefficient (Wildman–Crippen LogP) is 1.98. The van der Waals surface area contributed by atoms with Crippen LogP contribution in [0.3, 0.4) is 0 Å². The van der Waals surface area contributed by atoms with Gasteiger partial charge in [0.05, 0.1) is 17.9 Å². The largest absolute Gasteiger partial charge is 0.379 e. The minimum absolute atomic E-state index is 0.680. The third-order valence-corrected chi connectivity index (χ3v) is 2.91. The van der Waals surface area contributed by atoms with Crippen LogP contribution in [0.1, 0.15) is 11.3 Å². The van der Waals surface area contributed by atoms with E-state index in [1.54, 1.807) is 11.0 Å². The summed E-state index contributed by atoms with van der Waals surface area (Å²) in [6.07, 6.45) is 3.44. The Morgan fingerprint density at radius 1 is 1.20 bits per heavy atom. The van der Waals surface area contributed by atoms with E-state index in [-0.39, 0.29) is 0 Å². The standard InChI is InChI=1S/C14H14N6/c1-11-5-6-13(15-8-11)9-16-12-3-2-4-14(7-12)20-10-17-18-19-20/h2-8,10,16H,9H2,1H3. The molecule has 0 aliphatic carbocycles. The number of anilines is 1. The molecule has 0 unspecified atom stereocenters. The van der Waals surface area contributed by atoms with Crippen LogP contribution in [0.4, 0.5) is 5.69 Å². The second-order valence-corrected chi connectivity index (χ2v) is 4.49. The summed E-state index contributed by atoms with van der Waals surface area (Å²) < 4.78 is 1.62. The lowest BCUT2D eigenvalue weighted by molar-refractivity contribution is 0.789. The predicted molar refractivity (Wildman–Crippen MR) is 75.5 cm³/mol. The SMILES string of the molecule is Cc1ccc(CNc2cccc(-n3cnnn3)c2)nc1. The van der Waals surface area contributed by atoms with Crippen LogP contribution in [-0.4, -0.2) is 25.2 Å². The maximum atomic E-state index is 4.37. The Kier molecular flexibility index (Phi) is 3.36. The zero-order valence-corrected chi connectivity index (χ0v) is 11.1. The summed E-state index contributed by atoms with van der Waals surface area (Å²) in [5.74, 6) is 0. The van der Waals surface area contributed by atoms with Crippen LogP contribution in [0.15, 0.2) is 48.9 Å². The second kappa shape index (κ2) is 5.48. The van der Waals surface area contributed by atoms with Crippen LogP contribution < -0.4 is 5.32 Å². The van der Waals surface area contributed by atoms with Gasteiger partial charge in [0.15, 0.2) is 0 Å². The van der Waals surface area contributed by atoms with Crippen molar-refractivity contribution in [3.05, 3.63) is 60.2 Å². The molecule has 3 aromatic rings. The van der Waals surface area contributed by atoms with Crippen molar-refractivity contribution >= 4 is 5.69 Å². The van der Waals surface area contributed by atoms with Gasteiger partial charge in [0.1, 0.15) is 6.33 Å². The molecule has 0 saturated carbocycles. The van der Waals surface area contributed by atoms with E-state index in [0.717, 1.165) is 22.6 Å². The van der Waals surface area contributed by atoms with Gasteiger partial charge in [0.25, 0.3) is 0 Å². The quantitative estimate of drug-likeness (QED) is 0.782.